The molecule has 0 aliphatic rings. The summed E-state index contributed by atoms with van der Waals surface area (Å²) in [5.74, 6) is 0. The van der Waals surface area contributed by atoms with Crippen LogP contribution in [-0.4, -0.2) is 45.5 Å². The van der Waals surface area contributed by atoms with Gasteiger partial charge in [0.05, 0.1) is 0 Å². The summed E-state index contributed by atoms with van der Waals surface area (Å²) in [4.78, 5) is 0. The normalized spacial score (nSPS) is 0.625. The Morgan fingerprint density at radius 3 is 0.875 bits per heavy atom. The Kier molecular flexibility index (Phi) is 462. The molecule has 0 aromatic rings. The third-order valence-corrected chi connectivity index (χ3v) is 0. The first-order valence-electron chi connectivity index (χ1n) is 0.136. The predicted octanol–water partition coefficient (Wildman–Crippen LogP) is -0.859. The van der Waals surface area contributed by atoms with Gasteiger partial charge in [0.2, 0.25) is 0 Å². The molecule has 0 unspecified atom stereocenters. The summed E-state index contributed by atoms with van der Waals surface area (Å²) >= 11 is 2.31. The van der Waals surface area contributed by atoms with Gasteiger partial charge in [-0.05, 0) is 0 Å². The largest absolute Gasteiger partial charge is 2.00 e. The van der Waals surface area contributed by atoms with E-state index in [4.69, 9.17) is 3.87 Å². The summed E-state index contributed by atoms with van der Waals surface area (Å²) in [5, 5.41) is 0. The molecule has 4 nitrogen and oxygen atoms in total. The van der Waals surface area contributed by atoms with Crippen molar-refractivity contribution in [2.75, 3.05) is 0 Å². The van der Waals surface area contributed by atoms with Crippen molar-refractivity contribution >= 4 is 45.5 Å². The first-order chi connectivity index (χ1) is 1.00. The molecular weight excluding hydrogens is 490 g/mol. The van der Waals surface area contributed by atoms with E-state index in [1.165, 1.54) is 0 Å². The van der Waals surface area contributed by atoms with Crippen molar-refractivity contribution in [1.29, 1.82) is 0 Å². The van der Waals surface area contributed by atoms with E-state index in [1.807, 2.05) is 0 Å². The van der Waals surface area contributed by atoms with Gasteiger partial charge in [0, 0.05) is 0 Å². The molecule has 0 aliphatic carbocycles. The van der Waals surface area contributed by atoms with Crippen LogP contribution in [0.1, 0.15) is 0 Å². The maximum absolute atomic E-state index is 7.94. The molecule has 0 aromatic carbocycles. The van der Waals surface area contributed by atoms with Crippen LogP contribution in [0.2, 0.25) is 0 Å². The molecule has 0 heterocycles. The molecule has 0 aliphatic heterocycles. The van der Waals surface area contributed by atoms with Crippen molar-refractivity contribution in [1.82, 2.24) is 0 Å². The van der Waals surface area contributed by atoms with Crippen LogP contribution in [0.3, 0.4) is 0 Å². The Morgan fingerprint density at radius 1 is 0.875 bits per heavy atom. The molecule has 1 radical (unpaired) electrons. The number of hydrogen-bond donors (Lipinski definition) is 0. The Bertz CT molecular complexity index is 16.0. The van der Waals surface area contributed by atoms with E-state index in [0.717, 1.165) is 0 Å². The molecular formula is CeCoLaO4Sr+2. The minimum absolute atomic E-state index is 0. The summed E-state index contributed by atoms with van der Waals surface area (Å²) < 4.78 is 7.94. The monoisotopic (exact) mass is 490 g/mol. The van der Waals surface area contributed by atoms with Crippen LogP contribution in [-0.2, 0) is 36.0 Å². The van der Waals surface area contributed by atoms with Gasteiger partial charge >= 0.3 is 142 Å². The van der Waals surface area contributed by atoms with Crippen LogP contribution in [0.15, 0.2) is 0 Å². The zero-order valence-electron chi connectivity index (χ0n) is 3.75. The first-order valence-corrected chi connectivity index (χ1v) is 0.561. The van der Waals surface area contributed by atoms with Crippen molar-refractivity contribution in [3.8, 4) is 0 Å². The van der Waals surface area contributed by atoms with Crippen LogP contribution in [0.4, 0.5) is 0 Å². The van der Waals surface area contributed by atoms with Crippen LogP contribution in [0, 0.1) is 77.3 Å². The average molecular weight is 490 g/mol. The van der Waals surface area contributed by atoms with Gasteiger partial charge in [0.15, 0.2) is 0 Å². The van der Waals surface area contributed by atoms with Crippen molar-refractivity contribution in [2.24, 2.45) is 0 Å². The minimum atomic E-state index is 0. The molecule has 0 saturated heterocycles. The van der Waals surface area contributed by atoms with E-state index in [1.54, 1.807) is 0 Å². The standard InChI is InChI=1S/Ce.Co.La.4O.Sr/q+3;;+3;;3*-2;+2. The van der Waals surface area contributed by atoms with Crippen molar-refractivity contribution < 1.29 is 113 Å². The third-order valence-electron chi connectivity index (χ3n) is 0. The summed E-state index contributed by atoms with van der Waals surface area (Å²) in [6, 6.07) is 0. The third kappa shape index (κ3) is 48.6. The summed E-state index contributed by atoms with van der Waals surface area (Å²) in [6.07, 6.45) is 0. The van der Waals surface area contributed by atoms with Gasteiger partial charge in [-0.2, -0.15) is 0 Å². The molecule has 40 valence electrons. The van der Waals surface area contributed by atoms with Gasteiger partial charge in [0.25, 0.3) is 0 Å². The van der Waals surface area contributed by atoms with E-state index < -0.39 is 0 Å². The molecule has 8 heteroatoms. The average Bonchev–Trinajstić information content (AvgIpc) is 1.00. The van der Waals surface area contributed by atoms with Gasteiger partial charge in [-0.1, -0.05) is 0 Å². The fourth-order valence-electron chi connectivity index (χ4n) is 0. The van der Waals surface area contributed by atoms with Crippen LogP contribution in [0.5, 0.6) is 0 Å². The first kappa shape index (κ1) is 56.3. The van der Waals surface area contributed by atoms with Crippen LogP contribution in [0.25, 0.3) is 0 Å². The van der Waals surface area contributed by atoms with Gasteiger partial charge in [-0.3, -0.25) is 0 Å². The fraction of sp³-hybridized carbons (Fsp3) is 0. The zero-order valence-corrected chi connectivity index (χ0v) is 15.0. The predicted molar refractivity (Wildman–Crippen MR) is 8.50 cm³/mol. The van der Waals surface area contributed by atoms with Crippen molar-refractivity contribution in [2.45, 2.75) is 0 Å². The minimum Gasteiger partial charge on any atom is 2.00 e. The van der Waals surface area contributed by atoms with Crippen molar-refractivity contribution in [3.05, 3.63) is 0 Å². The molecule has 0 bridgehead atoms. The zero-order chi connectivity index (χ0) is 2.00. The molecule has 0 atom stereocenters. The van der Waals surface area contributed by atoms with Gasteiger partial charge in [-0.15, -0.1) is 0 Å². The van der Waals surface area contributed by atoms with E-state index >= 15 is 0 Å². The van der Waals surface area contributed by atoms with Crippen LogP contribution >= 0.6 is 0 Å². The maximum Gasteiger partial charge on any atom is 2.00 e. The van der Waals surface area contributed by atoms with Crippen LogP contribution < -0.4 is 0 Å². The molecule has 0 amide bonds. The molecule has 0 N–H and O–H groups in total. The fourth-order valence-corrected chi connectivity index (χ4v) is 0. The van der Waals surface area contributed by atoms with Gasteiger partial charge in [0.1, 0.15) is 0 Å². The SMILES string of the molecule is [Ce+3].[La+3].[O-2].[O-2].[O-2].[O]=[Co].[Sr+2]. The number of hydrogen-bond acceptors (Lipinski definition) is 1. The molecule has 8 heavy (non-hydrogen) atoms. The van der Waals surface area contributed by atoms with E-state index in [9.17, 15) is 0 Å². The quantitative estimate of drug-likeness (QED) is 0.406. The maximum atomic E-state index is 7.94. The van der Waals surface area contributed by atoms with E-state index in [0.29, 0.717) is 0 Å². The Labute approximate surface area is 154 Å². The summed E-state index contributed by atoms with van der Waals surface area (Å²) in [6.45, 7) is 0. The second-order valence-corrected chi connectivity index (χ2v) is 0. The second kappa shape index (κ2) is 65.6. The Hall–Kier alpha value is 4.24. The Balaban J connectivity index is -0.000000000333. The molecule has 0 spiro atoms. The Morgan fingerprint density at radius 2 is 0.875 bits per heavy atom. The second-order valence-electron chi connectivity index (χ2n) is 0. The van der Waals surface area contributed by atoms with E-state index in [-0.39, 0.29) is 139 Å². The number of rotatable bonds is 0. The van der Waals surface area contributed by atoms with Crippen molar-refractivity contribution in [3.63, 3.8) is 0 Å². The molecule has 0 fully saturated rings. The van der Waals surface area contributed by atoms with Gasteiger partial charge < -0.3 is 16.4 Å². The molecule has 0 aromatic heterocycles. The topological polar surface area (TPSA) is 103 Å². The summed E-state index contributed by atoms with van der Waals surface area (Å²) in [5.41, 5.74) is 0. The molecule has 0 saturated carbocycles. The van der Waals surface area contributed by atoms with E-state index in [2.05, 4.69) is 15.7 Å². The van der Waals surface area contributed by atoms with Gasteiger partial charge in [-0.25, -0.2) is 0 Å². The molecule has 0 rings (SSSR count). The smallest absolute Gasteiger partial charge is 2.00 e. The summed E-state index contributed by atoms with van der Waals surface area (Å²) in [7, 11) is 0.